The summed E-state index contributed by atoms with van der Waals surface area (Å²) < 4.78 is 7.36. The van der Waals surface area contributed by atoms with Crippen molar-refractivity contribution < 1.29 is 9.53 Å². The van der Waals surface area contributed by atoms with Crippen molar-refractivity contribution in [1.29, 1.82) is 0 Å². The number of rotatable bonds is 3. The van der Waals surface area contributed by atoms with Crippen LogP contribution in [0.15, 0.2) is 42.5 Å². The molecule has 168 valence electrons. The number of amides is 1. The molecular weight excluding hydrogens is 426 g/mol. The highest BCUT2D eigenvalue weighted by molar-refractivity contribution is 6.30. The Bertz CT molecular complexity index is 1020. The standard InChI is InChI=1S/C24H28ClN5O2/c1-16-5-10-22(27-26-16)30-21(18-6-8-19(25)9-7-18)15-20(28-30)17-11-13-29(14-12-17)23(31)32-24(2,3)4/h5-10,15,17H,11-14H2,1-4H3. The molecule has 32 heavy (non-hydrogen) atoms. The second kappa shape index (κ2) is 8.90. The van der Waals surface area contributed by atoms with Gasteiger partial charge in [-0.25, -0.2) is 9.48 Å². The molecule has 1 aliphatic rings. The number of aryl methyl sites for hydroxylation is 1. The predicted molar refractivity (Wildman–Crippen MR) is 124 cm³/mol. The van der Waals surface area contributed by atoms with E-state index in [1.807, 2.05) is 68.8 Å². The number of piperidine rings is 1. The summed E-state index contributed by atoms with van der Waals surface area (Å²) in [5, 5.41) is 14.1. The molecule has 1 amide bonds. The van der Waals surface area contributed by atoms with Gasteiger partial charge in [-0.05, 0) is 70.9 Å². The Balaban J connectivity index is 1.59. The number of carbonyl (C=O) groups excluding carboxylic acids is 1. The maximum absolute atomic E-state index is 12.4. The van der Waals surface area contributed by atoms with E-state index < -0.39 is 5.60 Å². The number of aromatic nitrogens is 4. The molecule has 0 aliphatic carbocycles. The van der Waals surface area contributed by atoms with E-state index in [2.05, 4.69) is 16.3 Å². The molecule has 7 nitrogen and oxygen atoms in total. The van der Waals surface area contributed by atoms with Crippen molar-refractivity contribution in [2.75, 3.05) is 13.1 Å². The number of halogens is 1. The molecule has 1 aromatic carbocycles. The van der Waals surface area contributed by atoms with Gasteiger partial charge in [-0.3, -0.25) is 0 Å². The molecule has 4 rings (SSSR count). The summed E-state index contributed by atoms with van der Waals surface area (Å²) in [5.41, 5.74) is 3.28. The molecule has 3 heterocycles. The summed E-state index contributed by atoms with van der Waals surface area (Å²) in [4.78, 5) is 14.2. The normalized spacial score (nSPS) is 15.1. The maximum atomic E-state index is 12.4. The molecular formula is C24H28ClN5O2. The fourth-order valence-electron chi connectivity index (χ4n) is 3.79. The Morgan fingerprint density at radius 2 is 1.75 bits per heavy atom. The summed E-state index contributed by atoms with van der Waals surface area (Å²) in [6, 6.07) is 13.7. The van der Waals surface area contributed by atoms with Gasteiger partial charge in [0.05, 0.1) is 17.1 Å². The van der Waals surface area contributed by atoms with E-state index in [1.54, 1.807) is 4.90 Å². The molecule has 3 aromatic rings. The van der Waals surface area contributed by atoms with Gasteiger partial charge in [0.1, 0.15) is 5.60 Å². The number of likely N-dealkylation sites (tertiary alicyclic amines) is 1. The van der Waals surface area contributed by atoms with Gasteiger partial charge in [-0.15, -0.1) is 5.10 Å². The minimum absolute atomic E-state index is 0.249. The lowest BCUT2D eigenvalue weighted by atomic mass is 9.93. The molecule has 0 N–H and O–H groups in total. The van der Waals surface area contributed by atoms with E-state index in [4.69, 9.17) is 21.4 Å². The minimum atomic E-state index is -0.491. The highest BCUT2D eigenvalue weighted by atomic mass is 35.5. The van der Waals surface area contributed by atoms with Gasteiger partial charge in [0.2, 0.25) is 0 Å². The zero-order chi connectivity index (χ0) is 22.9. The van der Waals surface area contributed by atoms with Crippen LogP contribution in [0.5, 0.6) is 0 Å². The van der Waals surface area contributed by atoms with Crippen molar-refractivity contribution in [2.24, 2.45) is 0 Å². The van der Waals surface area contributed by atoms with Crippen LogP contribution >= 0.6 is 11.6 Å². The summed E-state index contributed by atoms with van der Waals surface area (Å²) >= 11 is 6.09. The van der Waals surface area contributed by atoms with Crippen LogP contribution in [0.1, 0.15) is 50.9 Å². The first-order chi connectivity index (χ1) is 15.2. The summed E-state index contributed by atoms with van der Waals surface area (Å²) in [6.45, 7) is 8.85. The Kier molecular flexibility index (Phi) is 6.20. The second-order valence-corrected chi connectivity index (χ2v) is 9.58. The first-order valence-corrected chi connectivity index (χ1v) is 11.2. The number of ether oxygens (including phenoxy) is 1. The van der Waals surface area contributed by atoms with Gasteiger partial charge in [0.25, 0.3) is 0 Å². The van der Waals surface area contributed by atoms with Crippen molar-refractivity contribution in [2.45, 2.75) is 52.1 Å². The number of benzene rings is 1. The van der Waals surface area contributed by atoms with E-state index in [1.165, 1.54) is 0 Å². The van der Waals surface area contributed by atoms with Crippen LogP contribution < -0.4 is 0 Å². The first kappa shape index (κ1) is 22.3. The van der Waals surface area contributed by atoms with Gasteiger partial charge in [-0.1, -0.05) is 23.7 Å². The molecule has 0 atom stereocenters. The van der Waals surface area contributed by atoms with Crippen molar-refractivity contribution >= 4 is 17.7 Å². The van der Waals surface area contributed by atoms with Gasteiger partial charge in [0.15, 0.2) is 5.82 Å². The first-order valence-electron chi connectivity index (χ1n) is 10.8. The molecule has 8 heteroatoms. The average Bonchev–Trinajstić information content (AvgIpc) is 3.19. The van der Waals surface area contributed by atoms with Crippen LogP contribution in [-0.4, -0.2) is 49.7 Å². The van der Waals surface area contributed by atoms with Gasteiger partial charge >= 0.3 is 6.09 Å². The van der Waals surface area contributed by atoms with E-state index in [-0.39, 0.29) is 12.0 Å². The number of hydrogen-bond donors (Lipinski definition) is 0. The zero-order valence-corrected chi connectivity index (χ0v) is 19.6. The quantitative estimate of drug-likeness (QED) is 0.530. The number of carbonyl (C=O) groups is 1. The second-order valence-electron chi connectivity index (χ2n) is 9.15. The molecule has 0 radical (unpaired) electrons. The van der Waals surface area contributed by atoms with Gasteiger partial charge < -0.3 is 9.64 Å². The maximum Gasteiger partial charge on any atom is 0.410 e. The SMILES string of the molecule is Cc1ccc(-n2nc(C3CCN(C(=O)OC(C)(C)C)CC3)cc2-c2ccc(Cl)cc2)nn1. The molecule has 1 fully saturated rings. The molecule has 0 unspecified atom stereocenters. The minimum Gasteiger partial charge on any atom is -0.444 e. The Morgan fingerprint density at radius 3 is 2.34 bits per heavy atom. The van der Waals surface area contributed by atoms with E-state index in [0.717, 1.165) is 35.5 Å². The summed E-state index contributed by atoms with van der Waals surface area (Å²) in [5.74, 6) is 0.914. The van der Waals surface area contributed by atoms with Gasteiger partial charge in [0, 0.05) is 29.6 Å². The van der Waals surface area contributed by atoms with E-state index in [9.17, 15) is 4.79 Å². The fraction of sp³-hybridized carbons (Fsp3) is 0.417. The average molecular weight is 454 g/mol. The van der Waals surface area contributed by atoms with Crippen LogP contribution in [0, 0.1) is 6.92 Å². The highest BCUT2D eigenvalue weighted by Gasteiger charge is 2.29. The number of nitrogens with zero attached hydrogens (tertiary/aromatic N) is 5. The Labute approximate surface area is 193 Å². The predicted octanol–water partition coefficient (Wildman–Crippen LogP) is 5.41. The lowest BCUT2D eigenvalue weighted by molar-refractivity contribution is 0.0204. The van der Waals surface area contributed by atoms with E-state index in [0.29, 0.717) is 23.9 Å². The van der Waals surface area contributed by atoms with Crippen molar-refractivity contribution in [3.05, 3.63) is 58.9 Å². The smallest absolute Gasteiger partial charge is 0.410 e. The molecule has 0 saturated carbocycles. The van der Waals surface area contributed by atoms with Crippen molar-refractivity contribution in [3.63, 3.8) is 0 Å². The van der Waals surface area contributed by atoms with Crippen LogP contribution in [0.3, 0.4) is 0 Å². The molecule has 2 aromatic heterocycles. The third-order valence-electron chi connectivity index (χ3n) is 5.43. The summed E-state index contributed by atoms with van der Waals surface area (Å²) in [7, 11) is 0. The van der Waals surface area contributed by atoms with Crippen molar-refractivity contribution in [3.8, 4) is 17.1 Å². The lowest BCUT2D eigenvalue weighted by Crippen LogP contribution is -2.41. The zero-order valence-electron chi connectivity index (χ0n) is 18.9. The summed E-state index contributed by atoms with van der Waals surface area (Å²) in [6.07, 6.45) is 1.41. The Morgan fingerprint density at radius 1 is 1.06 bits per heavy atom. The molecule has 1 saturated heterocycles. The van der Waals surface area contributed by atoms with Crippen LogP contribution in [-0.2, 0) is 4.74 Å². The number of hydrogen-bond acceptors (Lipinski definition) is 5. The van der Waals surface area contributed by atoms with Crippen LogP contribution in [0.2, 0.25) is 5.02 Å². The third-order valence-corrected chi connectivity index (χ3v) is 5.69. The Hall–Kier alpha value is -2.93. The van der Waals surface area contributed by atoms with Crippen LogP contribution in [0.25, 0.3) is 17.1 Å². The van der Waals surface area contributed by atoms with E-state index >= 15 is 0 Å². The topological polar surface area (TPSA) is 73.1 Å². The molecule has 0 bridgehead atoms. The van der Waals surface area contributed by atoms with Gasteiger partial charge in [-0.2, -0.15) is 10.2 Å². The third kappa shape index (κ3) is 5.10. The lowest BCUT2D eigenvalue weighted by Gasteiger charge is -2.32. The highest BCUT2D eigenvalue weighted by Crippen LogP contribution is 2.32. The monoisotopic (exact) mass is 453 g/mol. The van der Waals surface area contributed by atoms with Crippen molar-refractivity contribution in [1.82, 2.24) is 24.9 Å². The largest absolute Gasteiger partial charge is 0.444 e. The fourth-order valence-corrected chi connectivity index (χ4v) is 3.91. The van der Waals surface area contributed by atoms with Crippen LogP contribution in [0.4, 0.5) is 4.79 Å². The molecule has 1 aliphatic heterocycles. The molecule has 0 spiro atoms.